The highest BCUT2D eigenvalue weighted by atomic mass is 19.4. The number of piperidine rings is 1. The molecule has 2 aromatic rings. The quantitative estimate of drug-likeness (QED) is 0.495. The Bertz CT molecular complexity index is 916. The molecule has 4 nitrogen and oxygen atoms in total. The van der Waals surface area contributed by atoms with Crippen LogP contribution in [0.5, 0.6) is 5.75 Å². The molecule has 2 aromatic carbocycles. The molecule has 34 heavy (non-hydrogen) atoms. The second-order valence-electron chi connectivity index (χ2n) is 8.49. The maximum Gasteiger partial charge on any atom is 0.416 e. The number of para-hydroxylation sites is 1. The first kappa shape index (κ1) is 26.3. The first-order valence-electron chi connectivity index (χ1n) is 11.0. The average Bonchev–Trinajstić information content (AvgIpc) is 2.80. The monoisotopic (exact) mass is 490 g/mol. The summed E-state index contributed by atoms with van der Waals surface area (Å²) in [4.78, 5) is 2.17. The Morgan fingerprint density at radius 3 is 2.29 bits per heavy atom. The number of aliphatic hydroxyl groups is 1. The van der Waals surface area contributed by atoms with Crippen LogP contribution >= 0.6 is 0 Å². The minimum Gasteiger partial charge on any atom is -0.496 e. The molecule has 0 saturated carbocycles. The third-order valence-electron chi connectivity index (χ3n) is 6.06. The van der Waals surface area contributed by atoms with Gasteiger partial charge in [-0.05, 0) is 55.1 Å². The van der Waals surface area contributed by atoms with Crippen LogP contribution in [-0.2, 0) is 18.9 Å². The lowest BCUT2D eigenvalue weighted by atomic mass is 9.94. The van der Waals surface area contributed by atoms with Gasteiger partial charge in [-0.15, -0.1) is 0 Å². The van der Waals surface area contributed by atoms with Gasteiger partial charge in [0.05, 0.1) is 24.3 Å². The fourth-order valence-electron chi connectivity index (χ4n) is 4.38. The van der Waals surface area contributed by atoms with E-state index in [4.69, 9.17) is 4.74 Å². The molecule has 2 atom stereocenters. The van der Waals surface area contributed by atoms with Gasteiger partial charge in [-0.25, -0.2) is 0 Å². The number of halogens is 6. The first-order valence-corrected chi connectivity index (χ1v) is 11.0. The van der Waals surface area contributed by atoms with Crippen molar-refractivity contribution < 1.29 is 36.2 Å². The molecule has 1 aliphatic heterocycles. The summed E-state index contributed by atoms with van der Waals surface area (Å²) in [5, 5.41) is 12.7. The molecule has 10 heteroatoms. The summed E-state index contributed by atoms with van der Waals surface area (Å²) in [5.41, 5.74) is -1.91. The summed E-state index contributed by atoms with van der Waals surface area (Å²) < 4.78 is 84.5. The Morgan fingerprint density at radius 2 is 1.71 bits per heavy atom. The Kier molecular flexibility index (Phi) is 8.48. The molecule has 2 N–H and O–H groups in total. The standard InChI is InChI=1S/C24H28F6N2O2/c1-34-22-7-3-2-6-20(22)21(32-8-4-5-16(14-32)15-33)13-31-12-17-9-18(23(25,26)27)11-19(10-17)24(28,29)30/h2-3,6-7,9-11,16,21,31,33H,4-5,8,12-15H2,1H3. The van der Waals surface area contributed by atoms with E-state index in [0.717, 1.165) is 37.1 Å². The van der Waals surface area contributed by atoms with Crippen molar-refractivity contribution in [2.75, 3.05) is 33.4 Å². The van der Waals surface area contributed by atoms with Crippen molar-refractivity contribution in [2.24, 2.45) is 5.92 Å². The van der Waals surface area contributed by atoms with E-state index in [9.17, 15) is 31.4 Å². The summed E-state index contributed by atoms with van der Waals surface area (Å²) >= 11 is 0. The highest BCUT2D eigenvalue weighted by molar-refractivity contribution is 5.37. The summed E-state index contributed by atoms with van der Waals surface area (Å²) in [5.74, 6) is 0.739. The number of ether oxygens (including phenoxy) is 1. The zero-order valence-corrected chi connectivity index (χ0v) is 18.7. The van der Waals surface area contributed by atoms with Gasteiger partial charge in [0, 0.05) is 31.8 Å². The predicted octanol–water partition coefficient (Wildman–Crippen LogP) is 5.27. The van der Waals surface area contributed by atoms with Crippen molar-refractivity contribution in [1.29, 1.82) is 0 Å². The van der Waals surface area contributed by atoms with E-state index in [0.29, 0.717) is 12.3 Å². The van der Waals surface area contributed by atoms with Gasteiger partial charge in [0.15, 0.2) is 0 Å². The topological polar surface area (TPSA) is 44.7 Å². The lowest BCUT2D eigenvalue weighted by molar-refractivity contribution is -0.143. The van der Waals surface area contributed by atoms with Gasteiger partial charge >= 0.3 is 12.4 Å². The van der Waals surface area contributed by atoms with Gasteiger partial charge in [-0.3, -0.25) is 4.90 Å². The molecule has 1 aliphatic rings. The molecule has 0 bridgehead atoms. The van der Waals surface area contributed by atoms with Crippen LogP contribution in [-0.4, -0.2) is 43.4 Å². The van der Waals surface area contributed by atoms with Crippen molar-refractivity contribution >= 4 is 0 Å². The van der Waals surface area contributed by atoms with Crippen LogP contribution in [0, 0.1) is 5.92 Å². The van der Waals surface area contributed by atoms with E-state index >= 15 is 0 Å². The number of likely N-dealkylation sites (tertiary alicyclic amines) is 1. The second-order valence-corrected chi connectivity index (χ2v) is 8.49. The van der Waals surface area contributed by atoms with Gasteiger partial charge in [-0.2, -0.15) is 26.3 Å². The Hall–Kier alpha value is -2.30. The molecular weight excluding hydrogens is 462 g/mol. The summed E-state index contributed by atoms with van der Waals surface area (Å²) in [6, 6.07) is 8.73. The number of benzene rings is 2. The Balaban J connectivity index is 1.83. The van der Waals surface area contributed by atoms with Crippen molar-refractivity contribution in [2.45, 2.75) is 37.8 Å². The van der Waals surface area contributed by atoms with E-state index in [1.54, 1.807) is 6.07 Å². The van der Waals surface area contributed by atoms with Gasteiger partial charge in [0.2, 0.25) is 0 Å². The molecule has 0 aromatic heterocycles. The van der Waals surface area contributed by atoms with Gasteiger partial charge in [0.1, 0.15) is 5.75 Å². The predicted molar refractivity (Wildman–Crippen MR) is 115 cm³/mol. The smallest absolute Gasteiger partial charge is 0.416 e. The minimum atomic E-state index is -4.89. The van der Waals surface area contributed by atoms with E-state index < -0.39 is 23.5 Å². The van der Waals surface area contributed by atoms with Crippen LogP contribution in [0.25, 0.3) is 0 Å². The van der Waals surface area contributed by atoms with Crippen LogP contribution in [0.4, 0.5) is 26.3 Å². The minimum absolute atomic E-state index is 0.0486. The number of nitrogens with one attached hydrogen (secondary N) is 1. The van der Waals surface area contributed by atoms with E-state index in [1.165, 1.54) is 7.11 Å². The molecule has 1 heterocycles. The van der Waals surface area contributed by atoms with Crippen molar-refractivity contribution in [3.8, 4) is 5.75 Å². The molecule has 0 spiro atoms. The zero-order chi connectivity index (χ0) is 24.9. The van der Waals surface area contributed by atoms with Gasteiger partial charge in [-0.1, -0.05) is 18.2 Å². The molecule has 188 valence electrons. The van der Waals surface area contributed by atoms with Crippen molar-refractivity contribution in [1.82, 2.24) is 10.2 Å². The van der Waals surface area contributed by atoms with Crippen LogP contribution in [0.1, 0.15) is 41.1 Å². The number of aliphatic hydroxyl groups excluding tert-OH is 1. The molecule has 0 radical (unpaired) electrons. The second kappa shape index (κ2) is 11.0. The van der Waals surface area contributed by atoms with Crippen LogP contribution < -0.4 is 10.1 Å². The van der Waals surface area contributed by atoms with E-state index in [2.05, 4.69) is 10.2 Å². The van der Waals surface area contributed by atoms with Gasteiger partial charge < -0.3 is 15.2 Å². The normalized spacial score (nSPS) is 18.6. The molecule has 0 amide bonds. The molecule has 1 fully saturated rings. The first-order chi connectivity index (χ1) is 16.0. The lowest BCUT2D eigenvalue weighted by Crippen LogP contribution is -2.43. The van der Waals surface area contributed by atoms with E-state index in [-0.39, 0.29) is 43.3 Å². The Labute approximate surface area is 194 Å². The highest BCUT2D eigenvalue weighted by Gasteiger charge is 2.37. The maximum absolute atomic E-state index is 13.2. The number of hydrogen-bond acceptors (Lipinski definition) is 4. The maximum atomic E-state index is 13.2. The van der Waals surface area contributed by atoms with Crippen LogP contribution in [0.3, 0.4) is 0 Å². The molecule has 1 saturated heterocycles. The molecule has 2 unspecified atom stereocenters. The SMILES string of the molecule is COc1ccccc1C(CNCc1cc(C(F)(F)F)cc(C(F)(F)F)c1)N1CCCC(CO)C1. The Morgan fingerprint density at radius 1 is 1.06 bits per heavy atom. The van der Waals surface area contributed by atoms with Crippen LogP contribution in [0.2, 0.25) is 0 Å². The summed E-state index contributed by atoms with van der Waals surface area (Å²) in [7, 11) is 1.54. The fourth-order valence-corrected chi connectivity index (χ4v) is 4.38. The number of methoxy groups -OCH3 is 1. The number of hydrogen-bond donors (Lipinski definition) is 2. The molecule has 3 rings (SSSR count). The fraction of sp³-hybridized carbons (Fsp3) is 0.500. The highest BCUT2D eigenvalue weighted by Crippen LogP contribution is 2.37. The van der Waals surface area contributed by atoms with Crippen molar-refractivity contribution in [3.05, 3.63) is 64.7 Å². The number of rotatable bonds is 8. The van der Waals surface area contributed by atoms with Crippen LogP contribution in [0.15, 0.2) is 42.5 Å². The zero-order valence-electron chi connectivity index (χ0n) is 18.7. The lowest BCUT2D eigenvalue weighted by Gasteiger charge is -2.38. The number of alkyl halides is 6. The summed E-state index contributed by atoms with van der Waals surface area (Å²) in [6.07, 6.45) is -8.00. The largest absolute Gasteiger partial charge is 0.496 e. The van der Waals surface area contributed by atoms with E-state index in [1.807, 2.05) is 18.2 Å². The third-order valence-corrected chi connectivity index (χ3v) is 6.06. The number of nitrogens with zero attached hydrogens (tertiary/aromatic N) is 1. The third kappa shape index (κ3) is 6.64. The average molecular weight is 490 g/mol. The molecular formula is C24H28F6N2O2. The van der Waals surface area contributed by atoms with Crippen molar-refractivity contribution in [3.63, 3.8) is 0 Å². The summed E-state index contributed by atoms with van der Waals surface area (Å²) in [6.45, 7) is 1.53. The van der Waals surface area contributed by atoms with Gasteiger partial charge in [0.25, 0.3) is 0 Å². The molecule has 0 aliphatic carbocycles.